The topological polar surface area (TPSA) is 32.6 Å². The quantitative estimate of drug-likeness (QED) is 0.406. The van der Waals surface area contributed by atoms with Crippen LogP contribution in [-0.2, 0) is 0 Å². The second-order valence-electron chi connectivity index (χ2n) is 4.88. The van der Waals surface area contributed by atoms with Gasteiger partial charge >= 0.3 is 0 Å². The summed E-state index contributed by atoms with van der Waals surface area (Å²) >= 11 is 0. The summed E-state index contributed by atoms with van der Waals surface area (Å²) in [5.74, 6) is 0.909. The third-order valence-corrected chi connectivity index (χ3v) is 3.58. The van der Waals surface area contributed by atoms with E-state index >= 15 is 0 Å². The maximum atomic E-state index is 9.13. The second-order valence-corrected chi connectivity index (χ2v) is 4.88. The van der Waals surface area contributed by atoms with E-state index in [1.807, 2.05) is 0 Å². The molecule has 0 aromatic heterocycles. The van der Waals surface area contributed by atoms with E-state index in [1.54, 1.807) is 0 Å². The zero-order valence-corrected chi connectivity index (χ0v) is 10.5. The number of nitrogens with zero attached hydrogens (tertiary/aromatic N) is 1. The third-order valence-electron chi connectivity index (χ3n) is 3.58. The molecule has 0 bridgehead atoms. The number of hydrogen-bond acceptors (Lipinski definition) is 2. The van der Waals surface area contributed by atoms with Crippen molar-refractivity contribution >= 4 is 5.71 Å². The Balaban J connectivity index is 4.89. The minimum Gasteiger partial charge on any atom is -0.411 e. The molecule has 84 valence electrons. The molecule has 14 heavy (non-hydrogen) atoms. The Morgan fingerprint density at radius 3 is 1.86 bits per heavy atom. The summed E-state index contributed by atoms with van der Waals surface area (Å²) in [6, 6.07) is 0. The van der Waals surface area contributed by atoms with Crippen molar-refractivity contribution in [2.45, 2.75) is 54.4 Å². The molecule has 0 radical (unpaired) electrons. The molecular formula is C12H25NO. The van der Waals surface area contributed by atoms with Crippen LogP contribution in [0, 0.1) is 17.3 Å². The van der Waals surface area contributed by atoms with Crippen molar-refractivity contribution in [1.82, 2.24) is 0 Å². The molecule has 0 rings (SSSR count). The van der Waals surface area contributed by atoms with Crippen molar-refractivity contribution in [2.24, 2.45) is 22.4 Å². The van der Waals surface area contributed by atoms with Crippen LogP contribution in [-0.4, -0.2) is 10.9 Å². The minimum atomic E-state index is -0.00850. The van der Waals surface area contributed by atoms with Gasteiger partial charge in [-0.3, -0.25) is 0 Å². The Hall–Kier alpha value is -0.530. The number of hydrogen-bond donors (Lipinski definition) is 1. The summed E-state index contributed by atoms with van der Waals surface area (Å²) in [4.78, 5) is 0. The zero-order chi connectivity index (χ0) is 11.4. The van der Waals surface area contributed by atoms with Gasteiger partial charge in [0.05, 0.1) is 5.71 Å². The van der Waals surface area contributed by atoms with Crippen molar-refractivity contribution in [1.29, 1.82) is 0 Å². The minimum absolute atomic E-state index is 0.00850. The molecule has 0 amide bonds. The predicted molar refractivity (Wildman–Crippen MR) is 61.9 cm³/mol. The smallest absolute Gasteiger partial charge is 0.0659 e. The molecule has 0 unspecified atom stereocenters. The second kappa shape index (κ2) is 5.38. The molecule has 2 nitrogen and oxygen atoms in total. The van der Waals surface area contributed by atoms with Gasteiger partial charge in [-0.25, -0.2) is 0 Å². The van der Waals surface area contributed by atoms with Gasteiger partial charge in [0.2, 0.25) is 0 Å². The first kappa shape index (κ1) is 13.5. The Morgan fingerprint density at radius 1 is 1.21 bits per heavy atom. The largest absolute Gasteiger partial charge is 0.411 e. The van der Waals surface area contributed by atoms with Gasteiger partial charge in [0.25, 0.3) is 0 Å². The van der Waals surface area contributed by atoms with Gasteiger partial charge in [-0.05, 0) is 18.8 Å². The summed E-state index contributed by atoms with van der Waals surface area (Å²) in [7, 11) is 0. The molecule has 1 N–H and O–H groups in total. The molecule has 0 aliphatic heterocycles. The Morgan fingerprint density at radius 2 is 1.64 bits per heavy atom. The van der Waals surface area contributed by atoms with E-state index in [2.05, 4.69) is 46.7 Å². The predicted octanol–water partition coefficient (Wildman–Crippen LogP) is 3.94. The van der Waals surface area contributed by atoms with Crippen LogP contribution in [0.25, 0.3) is 0 Å². The summed E-state index contributed by atoms with van der Waals surface area (Å²) < 4.78 is 0. The van der Waals surface area contributed by atoms with E-state index in [4.69, 9.17) is 5.21 Å². The summed E-state index contributed by atoms with van der Waals surface area (Å²) in [6.07, 6.45) is 2.10. The molecule has 0 aliphatic rings. The molecular weight excluding hydrogens is 174 g/mol. The Kier molecular flexibility index (Phi) is 5.17. The fourth-order valence-electron chi connectivity index (χ4n) is 1.71. The average molecular weight is 199 g/mol. The van der Waals surface area contributed by atoms with Crippen LogP contribution in [0.3, 0.4) is 0 Å². The van der Waals surface area contributed by atoms with Crippen LogP contribution in [0.1, 0.15) is 54.4 Å². The SMILES string of the molecule is CCC(CC)/C(=N/O)C(C)(C)C(C)C. The first-order valence-corrected chi connectivity index (χ1v) is 5.64. The molecule has 0 aliphatic carbocycles. The summed E-state index contributed by atoms with van der Waals surface area (Å²) in [5.41, 5.74) is 0.948. The van der Waals surface area contributed by atoms with E-state index in [9.17, 15) is 0 Å². The fourth-order valence-corrected chi connectivity index (χ4v) is 1.71. The summed E-state index contributed by atoms with van der Waals surface area (Å²) in [5, 5.41) is 12.7. The molecule has 0 aromatic rings. The lowest BCUT2D eigenvalue weighted by molar-refractivity contribution is 0.279. The maximum Gasteiger partial charge on any atom is 0.0659 e. The average Bonchev–Trinajstić information content (AvgIpc) is 2.13. The van der Waals surface area contributed by atoms with Gasteiger partial charge in [-0.15, -0.1) is 0 Å². The van der Waals surface area contributed by atoms with Crippen LogP contribution < -0.4 is 0 Å². The van der Waals surface area contributed by atoms with Crippen molar-refractivity contribution in [3.63, 3.8) is 0 Å². The standard InChI is InChI=1S/C12H25NO/c1-7-10(8-2)11(13-14)12(5,6)9(3)4/h9-10,14H,7-8H2,1-6H3/b13-11-. The van der Waals surface area contributed by atoms with Crippen LogP contribution in [0.15, 0.2) is 5.16 Å². The molecule has 2 heteroatoms. The van der Waals surface area contributed by atoms with E-state index in [0.717, 1.165) is 18.6 Å². The van der Waals surface area contributed by atoms with E-state index in [-0.39, 0.29) is 5.41 Å². The van der Waals surface area contributed by atoms with Crippen LogP contribution in [0.4, 0.5) is 0 Å². The van der Waals surface area contributed by atoms with Gasteiger partial charge in [0.15, 0.2) is 0 Å². The number of rotatable bonds is 5. The fraction of sp³-hybridized carbons (Fsp3) is 0.917. The lowest BCUT2D eigenvalue weighted by atomic mass is 9.71. The van der Waals surface area contributed by atoms with Crippen LogP contribution in [0.5, 0.6) is 0 Å². The monoisotopic (exact) mass is 199 g/mol. The molecule has 0 spiro atoms. The lowest BCUT2D eigenvalue weighted by Gasteiger charge is -2.33. The van der Waals surface area contributed by atoms with E-state index in [0.29, 0.717) is 11.8 Å². The van der Waals surface area contributed by atoms with E-state index < -0.39 is 0 Å². The highest BCUT2D eigenvalue weighted by Gasteiger charge is 2.33. The Labute approximate surface area is 88.4 Å². The van der Waals surface area contributed by atoms with Gasteiger partial charge in [-0.1, -0.05) is 46.7 Å². The first-order chi connectivity index (χ1) is 6.41. The van der Waals surface area contributed by atoms with Gasteiger partial charge in [0.1, 0.15) is 0 Å². The lowest BCUT2D eigenvalue weighted by Crippen LogP contribution is -2.35. The normalized spacial score (nSPS) is 14.1. The molecule has 0 saturated carbocycles. The highest BCUT2D eigenvalue weighted by Crippen LogP contribution is 2.33. The molecule has 0 atom stereocenters. The van der Waals surface area contributed by atoms with Crippen LogP contribution in [0.2, 0.25) is 0 Å². The third kappa shape index (κ3) is 2.73. The number of oxime groups is 1. The van der Waals surface area contributed by atoms with Crippen molar-refractivity contribution in [3.05, 3.63) is 0 Å². The Bertz CT molecular complexity index is 190. The maximum absolute atomic E-state index is 9.13. The van der Waals surface area contributed by atoms with Gasteiger partial charge in [-0.2, -0.15) is 0 Å². The van der Waals surface area contributed by atoms with Gasteiger partial charge < -0.3 is 5.21 Å². The molecule has 0 aromatic carbocycles. The molecule has 0 saturated heterocycles. The van der Waals surface area contributed by atoms with Crippen LogP contribution >= 0.6 is 0 Å². The highest BCUT2D eigenvalue weighted by molar-refractivity contribution is 5.91. The highest BCUT2D eigenvalue weighted by atomic mass is 16.4. The van der Waals surface area contributed by atoms with Gasteiger partial charge in [0, 0.05) is 11.3 Å². The zero-order valence-electron chi connectivity index (χ0n) is 10.5. The van der Waals surface area contributed by atoms with E-state index in [1.165, 1.54) is 0 Å². The van der Waals surface area contributed by atoms with Crippen molar-refractivity contribution in [2.75, 3.05) is 0 Å². The molecule has 0 fully saturated rings. The molecule has 0 heterocycles. The van der Waals surface area contributed by atoms with Crippen molar-refractivity contribution < 1.29 is 5.21 Å². The first-order valence-electron chi connectivity index (χ1n) is 5.64. The van der Waals surface area contributed by atoms with Crippen molar-refractivity contribution in [3.8, 4) is 0 Å². The summed E-state index contributed by atoms with van der Waals surface area (Å²) in [6.45, 7) is 13.0.